The van der Waals surface area contributed by atoms with E-state index in [1.165, 1.54) is 30.9 Å². The van der Waals surface area contributed by atoms with Crippen LogP contribution in [0, 0.1) is 5.41 Å². The van der Waals surface area contributed by atoms with Gasteiger partial charge in [-0.3, -0.25) is 9.59 Å². The number of carbonyl (C=O) groups excluding carboxylic acids is 2. The maximum Gasteiger partial charge on any atom is 0.418 e. The van der Waals surface area contributed by atoms with Crippen molar-refractivity contribution in [1.29, 1.82) is 0 Å². The van der Waals surface area contributed by atoms with Crippen molar-refractivity contribution in [2.45, 2.75) is 26.9 Å². The van der Waals surface area contributed by atoms with E-state index in [2.05, 4.69) is 5.32 Å². The maximum absolute atomic E-state index is 13.1. The van der Waals surface area contributed by atoms with Gasteiger partial charge in [0, 0.05) is 12.2 Å². The summed E-state index contributed by atoms with van der Waals surface area (Å²) < 4.78 is 39.4. The molecule has 0 spiro atoms. The van der Waals surface area contributed by atoms with Crippen LogP contribution < -0.4 is 10.2 Å². The lowest BCUT2D eigenvalue weighted by Crippen LogP contribution is -2.47. The van der Waals surface area contributed by atoms with E-state index in [0.29, 0.717) is 12.2 Å². The fourth-order valence-corrected chi connectivity index (χ4v) is 2.60. The molecular weight excluding hydrogens is 357 g/mol. The van der Waals surface area contributed by atoms with Crippen LogP contribution in [0.3, 0.4) is 0 Å². The third-order valence-electron chi connectivity index (χ3n) is 4.21. The molecule has 0 aliphatic rings. The molecule has 0 atom stereocenters. The Morgan fingerprint density at radius 3 is 2.07 bits per heavy atom. The van der Waals surface area contributed by atoms with Crippen molar-refractivity contribution in [3.05, 3.63) is 60.2 Å². The zero-order chi connectivity index (χ0) is 20.2. The second-order valence-electron chi connectivity index (χ2n) is 6.51. The molecule has 144 valence electrons. The number of hydrogen-bond acceptors (Lipinski definition) is 2. The molecule has 2 rings (SSSR count). The zero-order valence-electron chi connectivity index (χ0n) is 15.3. The molecule has 0 saturated heterocycles. The number of para-hydroxylation sites is 2. The number of alkyl halides is 3. The van der Waals surface area contributed by atoms with Gasteiger partial charge in [-0.05, 0) is 45.0 Å². The van der Waals surface area contributed by atoms with Crippen molar-refractivity contribution in [1.82, 2.24) is 0 Å². The molecule has 2 amide bonds. The summed E-state index contributed by atoms with van der Waals surface area (Å²) in [6.07, 6.45) is -4.61. The van der Waals surface area contributed by atoms with Crippen LogP contribution in [0.25, 0.3) is 0 Å². The highest BCUT2D eigenvalue weighted by atomic mass is 19.4. The van der Waals surface area contributed by atoms with Gasteiger partial charge in [0.1, 0.15) is 5.41 Å². The van der Waals surface area contributed by atoms with Gasteiger partial charge in [-0.1, -0.05) is 30.3 Å². The standard InChI is InChI=1S/C20H21F3N2O2/c1-4-25(14-10-6-5-7-11-14)18(27)19(2,3)17(26)24-16-13-9-8-12-15(16)20(21,22)23/h5-13H,4H2,1-3H3,(H,24,26). The Morgan fingerprint density at radius 1 is 0.963 bits per heavy atom. The summed E-state index contributed by atoms with van der Waals surface area (Å²) in [7, 11) is 0. The van der Waals surface area contributed by atoms with Gasteiger partial charge in [0.25, 0.3) is 0 Å². The van der Waals surface area contributed by atoms with Gasteiger partial charge in [-0.25, -0.2) is 0 Å². The molecule has 0 saturated carbocycles. The summed E-state index contributed by atoms with van der Waals surface area (Å²) in [6.45, 7) is 4.87. The van der Waals surface area contributed by atoms with Gasteiger partial charge in [0.2, 0.25) is 11.8 Å². The van der Waals surface area contributed by atoms with E-state index in [0.717, 1.165) is 12.1 Å². The van der Waals surface area contributed by atoms with Crippen molar-refractivity contribution >= 4 is 23.2 Å². The highest BCUT2D eigenvalue weighted by Crippen LogP contribution is 2.35. The summed E-state index contributed by atoms with van der Waals surface area (Å²) in [6, 6.07) is 13.5. The Morgan fingerprint density at radius 2 is 1.52 bits per heavy atom. The number of benzene rings is 2. The van der Waals surface area contributed by atoms with Crippen LogP contribution in [0.4, 0.5) is 24.5 Å². The Bertz CT molecular complexity index is 817. The fourth-order valence-electron chi connectivity index (χ4n) is 2.60. The van der Waals surface area contributed by atoms with Crippen molar-refractivity contribution < 1.29 is 22.8 Å². The van der Waals surface area contributed by atoms with Gasteiger partial charge in [0.15, 0.2) is 0 Å². The summed E-state index contributed by atoms with van der Waals surface area (Å²) in [5.41, 5.74) is -2.29. The second-order valence-corrected chi connectivity index (χ2v) is 6.51. The first-order chi connectivity index (χ1) is 12.6. The van der Waals surface area contributed by atoms with E-state index in [1.54, 1.807) is 37.3 Å². The number of carbonyl (C=O) groups is 2. The molecule has 0 aromatic heterocycles. The molecule has 4 nitrogen and oxygen atoms in total. The number of anilines is 2. The summed E-state index contributed by atoms with van der Waals surface area (Å²) in [4.78, 5) is 27.1. The lowest BCUT2D eigenvalue weighted by molar-refractivity contribution is -0.137. The Labute approximate surface area is 156 Å². The van der Waals surface area contributed by atoms with Crippen molar-refractivity contribution in [2.24, 2.45) is 5.41 Å². The molecule has 2 aromatic rings. The molecule has 0 aliphatic heterocycles. The molecule has 2 aromatic carbocycles. The van der Waals surface area contributed by atoms with Crippen LogP contribution in [-0.2, 0) is 15.8 Å². The van der Waals surface area contributed by atoms with Gasteiger partial charge in [-0.15, -0.1) is 0 Å². The molecule has 0 aliphatic carbocycles. The number of nitrogens with one attached hydrogen (secondary N) is 1. The third-order valence-corrected chi connectivity index (χ3v) is 4.21. The summed E-state index contributed by atoms with van der Waals surface area (Å²) >= 11 is 0. The van der Waals surface area contributed by atoms with E-state index < -0.39 is 29.0 Å². The van der Waals surface area contributed by atoms with E-state index >= 15 is 0 Å². The first-order valence-electron chi connectivity index (χ1n) is 8.43. The van der Waals surface area contributed by atoms with E-state index in [-0.39, 0.29) is 5.69 Å². The summed E-state index contributed by atoms with van der Waals surface area (Å²) in [5, 5.41) is 2.26. The maximum atomic E-state index is 13.1. The molecule has 27 heavy (non-hydrogen) atoms. The normalized spacial score (nSPS) is 11.8. The molecule has 0 bridgehead atoms. The van der Waals surface area contributed by atoms with Gasteiger partial charge in [-0.2, -0.15) is 13.2 Å². The number of amides is 2. The van der Waals surface area contributed by atoms with Crippen molar-refractivity contribution in [2.75, 3.05) is 16.8 Å². The van der Waals surface area contributed by atoms with Crippen LogP contribution >= 0.6 is 0 Å². The molecular formula is C20H21F3N2O2. The van der Waals surface area contributed by atoms with E-state index in [4.69, 9.17) is 0 Å². The third kappa shape index (κ3) is 4.48. The van der Waals surface area contributed by atoms with E-state index in [1.807, 2.05) is 0 Å². The first-order valence-corrected chi connectivity index (χ1v) is 8.43. The largest absolute Gasteiger partial charge is 0.418 e. The topological polar surface area (TPSA) is 49.4 Å². The van der Waals surface area contributed by atoms with Gasteiger partial charge >= 0.3 is 6.18 Å². The molecule has 1 N–H and O–H groups in total. The Kier molecular flexibility index (Phi) is 5.93. The molecule has 0 unspecified atom stereocenters. The van der Waals surface area contributed by atoms with Crippen LogP contribution in [0.5, 0.6) is 0 Å². The smallest absolute Gasteiger partial charge is 0.325 e. The summed E-state index contributed by atoms with van der Waals surface area (Å²) in [5.74, 6) is -1.31. The molecule has 0 heterocycles. The molecule has 7 heteroatoms. The monoisotopic (exact) mass is 378 g/mol. The van der Waals surface area contributed by atoms with Gasteiger partial charge < -0.3 is 10.2 Å². The lowest BCUT2D eigenvalue weighted by atomic mass is 9.89. The number of rotatable bonds is 5. The minimum atomic E-state index is -4.61. The van der Waals surface area contributed by atoms with Crippen LogP contribution in [0.1, 0.15) is 26.3 Å². The Balaban J connectivity index is 2.29. The SMILES string of the molecule is CCN(C(=O)C(C)(C)C(=O)Nc1ccccc1C(F)(F)F)c1ccccc1. The minimum absolute atomic E-state index is 0.318. The number of halogens is 3. The number of hydrogen-bond donors (Lipinski definition) is 1. The second kappa shape index (κ2) is 7.82. The average Bonchev–Trinajstić information content (AvgIpc) is 2.62. The zero-order valence-corrected chi connectivity index (χ0v) is 15.3. The highest BCUT2D eigenvalue weighted by Gasteiger charge is 2.41. The molecule has 0 fully saturated rings. The quantitative estimate of drug-likeness (QED) is 0.765. The van der Waals surface area contributed by atoms with Crippen LogP contribution in [0.15, 0.2) is 54.6 Å². The predicted octanol–water partition coefficient (Wildman–Crippen LogP) is 4.72. The van der Waals surface area contributed by atoms with Crippen LogP contribution in [0.2, 0.25) is 0 Å². The fraction of sp³-hybridized carbons (Fsp3) is 0.300. The number of nitrogens with zero attached hydrogens (tertiary/aromatic N) is 1. The lowest BCUT2D eigenvalue weighted by Gasteiger charge is -2.30. The van der Waals surface area contributed by atoms with E-state index in [9.17, 15) is 22.8 Å². The predicted molar refractivity (Wildman–Crippen MR) is 98.3 cm³/mol. The van der Waals surface area contributed by atoms with Crippen molar-refractivity contribution in [3.63, 3.8) is 0 Å². The van der Waals surface area contributed by atoms with Crippen molar-refractivity contribution in [3.8, 4) is 0 Å². The van der Waals surface area contributed by atoms with Gasteiger partial charge in [0.05, 0.1) is 11.3 Å². The average molecular weight is 378 g/mol. The minimum Gasteiger partial charge on any atom is -0.325 e. The first kappa shape index (κ1) is 20.5. The highest BCUT2D eigenvalue weighted by molar-refractivity contribution is 6.15. The van der Waals surface area contributed by atoms with Crippen LogP contribution in [-0.4, -0.2) is 18.4 Å². The Hall–Kier alpha value is -2.83. The molecule has 0 radical (unpaired) electrons.